The van der Waals surface area contributed by atoms with Crippen molar-refractivity contribution in [2.24, 2.45) is 46.3 Å². The highest BCUT2D eigenvalue weighted by Crippen LogP contribution is 2.66. The lowest BCUT2D eigenvalue weighted by Crippen LogP contribution is -2.52. The Morgan fingerprint density at radius 2 is 1.70 bits per heavy atom. The molecule has 0 amide bonds. The predicted octanol–water partition coefficient (Wildman–Crippen LogP) is 6.37. The summed E-state index contributed by atoms with van der Waals surface area (Å²) in [5.41, 5.74) is 0.446. The maximum Gasteiger partial charge on any atom is 0.306 e. The van der Waals surface area contributed by atoms with Crippen molar-refractivity contribution in [3.63, 3.8) is 0 Å². The second-order valence-electron chi connectivity index (χ2n) is 12.5. The van der Waals surface area contributed by atoms with Crippen LogP contribution >= 0.6 is 0 Å². The van der Waals surface area contributed by atoms with E-state index in [0.717, 1.165) is 30.6 Å². The van der Waals surface area contributed by atoms with Crippen molar-refractivity contribution in [3.05, 3.63) is 0 Å². The number of carbonyl (C=O) groups excluding carboxylic acids is 1. The second kappa shape index (κ2) is 8.41. The van der Waals surface area contributed by atoms with Crippen LogP contribution in [0.25, 0.3) is 0 Å². The number of esters is 1. The van der Waals surface area contributed by atoms with Gasteiger partial charge in [-0.15, -0.1) is 0 Å². The van der Waals surface area contributed by atoms with Gasteiger partial charge in [-0.2, -0.15) is 0 Å². The first-order valence-corrected chi connectivity index (χ1v) is 13.0. The van der Waals surface area contributed by atoms with Gasteiger partial charge < -0.3 is 9.84 Å². The first-order chi connectivity index (χ1) is 14.1. The van der Waals surface area contributed by atoms with Gasteiger partial charge >= 0.3 is 5.97 Å². The summed E-state index contributed by atoms with van der Waals surface area (Å²) in [6.07, 6.45) is 12.0. The maximum atomic E-state index is 12.9. The summed E-state index contributed by atoms with van der Waals surface area (Å²) in [7, 11) is 0. The Morgan fingerprint density at radius 1 is 1.00 bits per heavy atom. The van der Waals surface area contributed by atoms with Crippen LogP contribution in [-0.4, -0.2) is 23.3 Å². The summed E-state index contributed by atoms with van der Waals surface area (Å²) in [5.74, 6) is 4.14. The molecule has 0 bridgehead atoms. The molecule has 9 atom stereocenters. The molecule has 4 rings (SSSR count). The standard InChI is InChI=1S/C27H46O3/c1-17(2)7-6-8-18(3)21-9-10-22-20-16-25(29)30-24-15-19(28)11-13-27(24,5)23(20)12-14-26(21,22)4/h17-24,28H,6-16H2,1-5H3/t18?,19?,20?,21?,22?,23?,24-,26?,27?/m1/s1. The fourth-order valence-electron chi connectivity index (χ4n) is 8.69. The summed E-state index contributed by atoms with van der Waals surface area (Å²) in [6.45, 7) is 12.1. The number of aliphatic hydroxyl groups excluding tert-OH is 1. The second-order valence-corrected chi connectivity index (χ2v) is 12.5. The lowest BCUT2D eigenvalue weighted by atomic mass is 9.49. The fraction of sp³-hybridized carbons (Fsp3) is 0.963. The Kier molecular flexibility index (Phi) is 6.34. The van der Waals surface area contributed by atoms with Crippen LogP contribution in [0, 0.1) is 46.3 Å². The molecule has 1 N–H and O–H groups in total. The van der Waals surface area contributed by atoms with Gasteiger partial charge in [-0.3, -0.25) is 4.79 Å². The quantitative estimate of drug-likeness (QED) is 0.527. The van der Waals surface area contributed by atoms with Crippen molar-refractivity contribution in [3.8, 4) is 0 Å². The average Bonchev–Trinajstić information content (AvgIpc) is 2.97. The molecule has 1 heterocycles. The summed E-state index contributed by atoms with van der Waals surface area (Å²) in [4.78, 5) is 12.9. The molecule has 4 aliphatic rings. The Bertz CT molecular complexity index is 630. The van der Waals surface area contributed by atoms with Gasteiger partial charge in [0, 0.05) is 18.3 Å². The monoisotopic (exact) mass is 418 g/mol. The third-order valence-electron chi connectivity index (χ3n) is 10.4. The largest absolute Gasteiger partial charge is 0.462 e. The van der Waals surface area contributed by atoms with E-state index < -0.39 is 0 Å². The molecule has 1 aliphatic heterocycles. The minimum Gasteiger partial charge on any atom is -0.462 e. The SMILES string of the molecule is CC(C)CCCC(C)C1CCC2C3CC(=O)O[C@@H]4CC(O)CCC4(C)C3CCC12C. The van der Waals surface area contributed by atoms with Crippen LogP contribution in [0.4, 0.5) is 0 Å². The molecule has 3 heteroatoms. The number of carbonyl (C=O) groups is 1. The summed E-state index contributed by atoms with van der Waals surface area (Å²) >= 11 is 0. The van der Waals surface area contributed by atoms with E-state index in [1.165, 1.54) is 44.9 Å². The Hall–Kier alpha value is -0.570. The van der Waals surface area contributed by atoms with Crippen LogP contribution in [0.1, 0.15) is 105 Å². The average molecular weight is 419 g/mol. The van der Waals surface area contributed by atoms with Crippen molar-refractivity contribution in [1.82, 2.24) is 0 Å². The van der Waals surface area contributed by atoms with E-state index in [4.69, 9.17) is 4.74 Å². The zero-order valence-corrected chi connectivity index (χ0v) is 20.2. The smallest absolute Gasteiger partial charge is 0.306 e. The molecule has 0 radical (unpaired) electrons. The first-order valence-electron chi connectivity index (χ1n) is 13.0. The molecule has 30 heavy (non-hydrogen) atoms. The fourth-order valence-corrected chi connectivity index (χ4v) is 8.69. The number of ether oxygens (including phenoxy) is 1. The highest BCUT2D eigenvalue weighted by Gasteiger charge is 2.61. The number of aliphatic hydroxyl groups is 1. The highest BCUT2D eigenvalue weighted by atomic mass is 16.5. The topological polar surface area (TPSA) is 46.5 Å². The molecule has 0 spiro atoms. The zero-order chi connectivity index (χ0) is 21.7. The summed E-state index contributed by atoms with van der Waals surface area (Å²) in [6, 6.07) is 0. The minimum atomic E-state index is -0.302. The van der Waals surface area contributed by atoms with E-state index in [-0.39, 0.29) is 23.6 Å². The minimum absolute atomic E-state index is 0.00510. The Morgan fingerprint density at radius 3 is 2.43 bits per heavy atom. The molecule has 0 aromatic rings. The van der Waals surface area contributed by atoms with Crippen LogP contribution in [0.3, 0.4) is 0 Å². The lowest BCUT2D eigenvalue weighted by Gasteiger charge is -2.55. The van der Waals surface area contributed by atoms with Crippen molar-refractivity contribution >= 4 is 5.97 Å². The van der Waals surface area contributed by atoms with Gasteiger partial charge in [-0.25, -0.2) is 0 Å². The zero-order valence-electron chi connectivity index (χ0n) is 20.2. The van der Waals surface area contributed by atoms with Gasteiger partial charge in [-0.1, -0.05) is 53.9 Å². The van der Waals surface area contributed by atoms with E-state index in [2.05, 4.69) is 34.6 Å². The lowest BCUT2D eigenvalue weighted by molar-refractivity contribution is -0.162. The van der Waals surface area contributed by atoms with Crippen molar-refractivity contribution < 1.29 is 14.6 Å². The van der Waals surface area contributed by atoms with Crippen LogP contribution < -0.4 is 0 Å². The summed E-state index contributed by atoms with van der Waals surface area (Å²) < 4.78 is 6.01. The van der Waals surface area contributed by atoms with E-state index in [1.807, 2.05) is 0 Å². The van der Waals surface area contributed by atoms with Crippen LogP contribution in [0.15, 0.2) is 0 Å². The molecule has 3 aliphatic carbocycles. The van der Waals surface area contributed by atoms with Gasteiger partial charge in [0.05, 0.1) is 6.10 Å². The number of rotatable bonds is 5. The highest BCUT2D eigenvalue weighted by molar-refractivity contribution is 5.70. The predicted molar refractivity (Wildman–Crippen MR) is 121 cm³/mol. The molecule has 0 aromatic carbocycles. The van der Waals surface area contributed by atoms with Gasteiger partial charge in [0.2, 0.25) is 0 Å². The molecule has 0 aromatic heterocycles. The Labute approximate surface area is 184 Å². The van der Waals surface area contributed by atoms with E-state index in [0.29, 0.717) is 36.0 Å². The van der Waals surface area contributed by atoms with Gasteiger partial charge in [0.25, 0.3) is 0 Å². The number of hydrogen-bond acceptors (Lipinski definition) is 3. The van der Waals surface area contributed by atoms with Crippen molar-refractivity contribution in [2.75, 3.05) is 0 Å². The van der Waals surface area contributed by atoms with Gasteiger partial charge in [-0.05, 0) is 79.4 Å². The van der Waals surface area contributed by atoms with Crippen LogP contribution in [-0.2, 0) is 9.53 Å². The van der Waals surface area contributed by atoms with Crippen molar-refractivity contribution in [2.45, 2.75) is 117 Å². The summed E-state index contributed by atoms with van der Waals surface area (Å²) in [5, 5.41) is 10.2. The third-order valence-corrected chi connectivity index (χ3v) is 10.4. The third kappa shape index (κ3) is 3.86. The normalized spacial score (nSPS) is 47.1. The van der Waals surface area contributed by atoms with E-state index >= 15 is 0 Å². The molecule has 8 unspecified atom stereocenters. The van der Waals surface area contributed by atoms with E-state index in [9.17, 15) is 9.90 Å². The van der Waals surface area contributed by atoms with Crippen LogP contribution in [0.2, 0.25) is 0 Å². The maximum absolute atomic E-state index is 12.9. The van der Waals surface area contributed by atoms with Crippen molar-refractivity contribution in [1.29, 1.82) is 0 Å². The van der Waals surface area contributed by atoms with Gasteiger partial charge in [0.1, 0.15) is 6.10 Å². The first kappa shape index (κ1) is 22.6. The molecule has 3 nitrogen and oxygen atoms in total. The molecule has 3 saturated carbocycles. The van der Waals surface area contributed by atoms with Gasteiger partial charge in [0.15, 0.2) is 0 Å². The van der Waals surface area contributed by atoms with Crippen LogP contribution in [0.5, 0.6) is 0 Å². The number of fused-ring (bicyclic) bond motifs is 5. The molecule has 1 saturated heterocycles. The molecule has 172 valence electrons. The molecular weight excluding hydrogens is 372 g/mol. The number of hydrogen-bond donors (Lipinski definition) is 1. The Balaban J connectivity index is 1.53. The molecular formula is C27H46O3. The van der Waals surface area contributed by atoms with E-state index in [1.54, 1.807) is 0 Å². The molecule has 4 fully saturated rings.